The maximum atomic E-state index is 15.7. The van der Waals surface area contributed by atoms with Crippen molar-refractivity contribution in [2.45, 2.75) is 44.2 Å². The van der Waals surface area contributed by atoms with Crippen molar-refractivity contribution in [3.05, 3.63) is 107 Å². The molecule has 2 atom stereocenters. The number of aromatic nitrogens is 2. The third kappa shape index (κ3) is 5.90. The lowest BCUT2D eigenvalue weighted by atomic mass is 9.83. The van der Waals surface area contributed by atoms with E-state index >= 15 is 4.39 Å². The van der Waals surface area contributed by atoms with Gasteiger partial charge in [-0.1, -0.05) is 55.7 Å². The van der Waals surface area contributed by atoms with Crippen molar-refractivity contribution in [3.8, 4) is 11.4 Å². The van der Waals surface area contributed by atoms with Crippen molar-refractivity contribution >= 4 is 17.6 Å². The van der Waals surface area contributed by atoms with Crippen LogP contribution in [0.5, 0.6) is 0 Å². The topological polar surface area (TPSA) is 93.5 Å². The summed E-state index contributed by atoms with van der Waals surface area (Å²) in [5.74, 6) is -3.45. The van der Waals surface area contributed by atoms with Crippen LogP contribution in [0.1, 0.15) is 65.7 Å². The SMILES string of the molecule is COC(c1ccccc1)c1ccc(F)c(F)c1-c1nccn1[C@@H](C(=O)Nc1ccc(C(=O)O)cc1)C1CCCCC1. The first kappa shape index (κ1) is 28.2. The first-order chi connectivity index (χ1) is 19.9. The van der Waals surface area contributed by atoms with E-state index in [2.05, 4.69) is 10.3 Å². The molecule has 0 radical (unpaired) electrons. The van der Waals surface area contributed by atoms with Crippen molar-refractivity contribution in [1.82, 2.24) is 9.55 Å². The molecule has 5 rings (SSSR count). The van der Waals surface area contributed by atoms with Gasteiger partial charge in [-0.05, 0) is 60.2 Å². The number of hydrogen-bond donors (Lipinski definition) is 2. The van der Waals surface area contributed by atoms with Gasteiger partial charge in [-0.3, -0.25) is 4.79 Å². The zero-order valence-electron chi connectivity index (χ0n) is 22.6. The summed E-state index contributed by atoms with van der Waals surface area (Å²) in [6.45, 7) is 0. The summed E-state index contributed by atoms with van der Waals surface area (Å²) in [5.41, 5.74) is 1.61. The highest BCUT2D eigenvalue weighted by Gasteiger charge is 2.35. The molecule has 0 saturated heterocycles. The van der Waals surface area contributed by atoms with Crippen LogP contribution >= 0.6 is 0 Å². The predicted molar refractivity (Wildman–Crippen MR) is 151 cm³/mol. The smallest absolute Gasteiger partial charge is 0.335 e. The number of carboxylic acids is 1. The Morgan fingerprint density at radius 1 is 1.00 bits per heavy atom. The molecule has 0 bridgehead atoms. The molecular weight excluding hydrogens is 528 g/mol. The van der Waals surface area contributed by atoms with E-state index < -0.39 is 29.7 Å². The fourth-order valence-electron chi connectivity index (χ4n) is 5.74. The minimum absolute atomic E-state index is 0.0647. The molecule has 3 aromatic carbocycles. The van der Waals surface area contributed by atoms with Crippen LogP contribution in [0, 0.1) is 17.6 Å². The molecule has 4 aromatic rings. The number of nitrogens with one attached hydrogen (secondary N) is 1. The number of amides is 1. The molecule has 1 saturated carbocycles. The molecule has 1 heterocycles. The van der Waals surface area contributed by atoms with Gasteiger partial charge in [-0.15, -0.1) is 0 Å². The number of hydrogen-bond acceptors (Lipinski definition) is 4. The summed E-state index contributed by atoms with van der Waals surface area (Å²) >= 11 is 0. The number of ether oxygens (including phenoxy) is 1. The van der Waals surface area contributed by atoms with E-state index in [9.17, 15) is 19.1 Å². The quantitative estimate of drug-likeness (QED) is 0.230. The molecule has 1 aliphatic rings. The second-order valence-corrected chi connectivity index (χ2v) is 10.2. The number of halogens is 2. The highest BCUT2D eigenvalue weighted by atomic mass is 19.2. The lowest BCUT2D eigenvalue weighted by molar-refractivity contribution is -0.121. The van der Waals surface area contributed by atoms with Gasteiger partial charge in [-0.25, -0.2) is 18.6 Å². The molecule has 1 unspecified atom stereocenters. The molecule has 2 N–H and O–H groups in total. The summed E-state index contributed by atoms with van der Waals surface area (Å²) in [7, 11) is 1.50. The van der Waals surface area contributed by atoms with Gasteiger partial charge in [0.05, 0.1) is 11.1 Å². The van der Waals surface area contributed by atoms with E-state index in [0.717, 1.165) is 43.7 Å². The molecule has 1 amide bonds. The van der Waals surface area contributed by atoms with Gasteiger partial charge in [0.15, 0.2) is 11.6 Å². The lowest BCUT2D eigenvalue weighted by Crippen LogP contribution is -2.33. The Kier molecular flexibility index (Phi) is 8.54. The fraction of sp³-hybridized carbons (Fsp3) is 0.281. The molecule has 9 heteroatoms. The molecule has 1 aromatic heterocycles. The highest BCUT2D eigenvalue weighted by Crippen LogP contribution is 2.40. The molecule has 41 heavy (non-hydrogen) atoms. The number of methoxy groups -OCH3 is 1. The van der Waals surface area contributed by atoms with Crippen LogP contribution in [0.25, 0.3) is 11.4 Å². The summed E-state index contributed by atoms with van der Waals surface area (Å²) in [5, 5.41) is 12.1. The zero-order valence-corrected chi connectivity index (χ0v) is 22.6. The fourth-order valence-corrected chi connectivity index (χ4v) is 5.74. The third-order valence-corrected chi connectivity index (χ3v) is 7.70. The molecule has 0 spiro atoms. The molecule has 0 aliphatic heterocycles. The first-order valence-electron chi connectivity index (χ1n) is 13.6. The maximum absolute atomic E-state index is 15.7. The Hall–Kier alpha value is -4.37. The summed E-state index contributed by atoms with van der Waals surface area (Å²) in [4.78, 5) is 29.6. The van der Waals surface area contributed by atoms with Crippen molar-refractivity contribution < 1.29 is 28.2 Å². The van der Waals surface area contributed by atoms with Crippen molar-refractivity contribution in [3.63, 3.8) is 0 Å². The lowest BCUT2D eigenvalue weighted by Gasteiger charge is -2.32. The highest BCUT2D eigenvalue weighted by molar-refractivity contribution is 5.95. The zero-order chi connectivity index (χ0) is 28.9. The number of imidazole rings is 1. The van der Waals surface area contributed by atoms with Crippen LogP contribution in [0.15, 0.2) is 79.1 Å². The molecule has 1 fully saturated rings. The minimum atomic E-state index is -1.07. The van der Waals surface area contributed by atoms with E-state index in [4.69, 9.17) is 4.74 Å². The maximum Gasteiger partial charge on any atom is 0.335 e. The Balaban J connectivity index is 1.59. The monoisotopic (exact) mass is 559 g/mol. The van der Waals surface area contributed by atoms with E-state index in [1.54, 1.807) is 10.8 Å². The number of nitrogens with zero attached hydrogens (tertiary/aromatic N) is 2. The number of carbonyl (C=O) groups is 2. The average Bonchev–Trinajstić information content (AvgIpc) is 3.45. The van der Waals surface area contributed by atoms with Crippen molar-refractivity contribution in [1.29, 1.82) is 0 Å². The summed E-state index contributed by atoms with van der Waals surface area (Å²) in [6.07, 6.45) is 6.94. The van der Waals surface area contributed by atoms with Crippen molar-refractivity contribution in [2.24, 2.45) is 5.92 Å². The van der Waals surface area contributed by atoms with Crippen LogP contribution in [0.3, 0.4) is 0 Å². The Labute approximate surface area is 236 Å². The normalized spacial score (nSPS) is 15.3. The molecule has 212 valence electrons. The van der Waals surface area contributed by atoms with Gasteiger partial charge in [0, 0.05) is 25.2 Å². The molecule has 7 nitrogen and oxygen atoms in total. The number of aromatic carboxylic acids is 1. The number of rotatable bonds is 9. The largest absolute Gasteiger partial charge is 0.478 e. The second kappa shape index (κ2) is 12.4. The number of benzene rings is 3. The van der Waals surface area contributed by atoms with Crippen molar-refractivity contribution in [2.75, 3.05) is 12.4 Å². The number of anilines is 1. The van der Waals surface area contributed by atoms with Crippen LogP contribution in [0.2, 0.25) is 0 Å². The van der Waals surface area contributed by atoms with E-state index in [0.29, 0.717) is 11.3 Å². The minimum Gasteiger partial charge on any atom is -0.478 e. The van der Waals surface area contributed by atoms with E-state index in [1.165, 1.54) is 43.6 Å². The van der Waals surface area contributed by atoms with E-state index in [1.807, 2.05) is 30.3 Å². The van der Waals surface area contributed by atoms with Gasteiger partial charge < -0.3 is 19.7 Å². The molecule has 1 aliphatic carbocycles. The van der Waals surface area contributed by atoms with E-state index in [-0.39, 0.29) is 28.8 Å². The predicted octanol–water partition coefficient (Wildman–Crippen LogP) is 7.02. The first-order valence-corrected chi connectivity index (χ1v) is 13.6. The number of carboxylic acid groups (broad SMARTS) is 1. The van der Waals surface area contributed by atoms with Gasteiger partial charge in [0.1, 0.15) is 18.0 Å². The summed E-state index contributed by atoms with van der Waals surface area (Å²) < 4.78 is 37.9. The summed E-state index contributed by atoms with van der Waals surface area (Å²) in [6, 6.07) is 16.9. The number of carbonyl (C=O) groups excluding carboxylic acids is 1. The Bertz CT molecular complexity index is 1520. The molecular formula is C32H31F2N3O4. The second-order valence-electron chi connectivity index (χ2n) is 10.2. The Morgan fingerprint density at radius 3 is 2.37 bits per heavy atom. The standard InChI is InChI=1S/C32H31F2N3O4/c1-41-29(21-10-6-3-7-11-21)24-16-17-25(33)27(34)26(24)30-35-18-19-37(30)28(20-8-4-2-5-9-20)31(38)36-23-14-12-22(13-15-23)32(39)40/h3,6-7,10-20,28-29H,2,4-5,8-9H2,1H3,(H,36,38)(H,39,40)/t28-,29?/m1/s1. The van der Waals surface area contributed by atoms with Crippen LogP contribution in [-0.2, 0) is 9.53 Å². The van der Waals surface area contributed by atoms with Crippen LogP contribution < -0.4 is 5.32 Å². The van der Waals surface area contributed by atoms with Gasteiger partial charge in [-0.2, -0.15) is 0 Å². The average molecular weight is 560 g/mol. The third-order valence-electron chi connectivity index (χ3n) is 7.70. The van der Waals surface area contributed by atoms with Gasteiger partial charge >= 0.3 is 5.97 Å². The van der Waals surface area contributed by atoms with Crippen LogP contribution in [-0.4, -0.2) is 33.6 Å². The van der Waals surface area contributed by atoms with Gasteiger partial charge in [0.2, 0.25) is 5.91 Å². The van der Waals surface area contributed by atoms with Gasteiger partial charge in [0.25, 0.3) is 0 Å². The van der Waals surface area contributed by atoms with Crippen LogP contribution in [0.4, 0.5) is 14.5 Å². The Morgan fingerprint density at radius 2 is 1.71 bits per heavy atom.